The molecule has 20 heavy (non-hydrogen) atoms. The number of halogens is 3. The largest absolute Gasteiger partial charge is 0.484 e. The third kappa shape index (κ3) is 3.40. The molecule has 0 bridgehead atoms. The highest BCUT2D eigenvalue weighted by atomic mass is 19.4. The molecule has 0 saturated carbocycles. The maximum absolute atomic E-state index is 12.2. The second-order valence-electron chi connectivity index (χ2n) is 4.24. The first kappa shape index (κ1) is 14.2. The first-order valence-electron chi connectivity index (χ1n) is 5.79. The Labute approximate surface area is 112 Å². The van der Waals surface area contributed by atoms with E-state index in [4.69, 9.17) is 9.84 Å². The Morgan fingerprint density at radius 2 is 1.85 bits per heavy atom. The predicted octanol–water partition coefficient (Wildman–Crippen LogP) is 3.41. The molecule has 2 aromatic rings. The Morgan fingerprint density at radius 1 is 1.15 bits per heavy atom. The number of fused-ring (bicyclic) bond motifs is 1. The highest BCUT2D eigenvalue weighted by molar-refractivity contribution is 5.90. The molecular weight excluding hydrogens is 273 g/mol. The van der Waals surface area contributed by atoms with E-state index in [1.807, 2.05) is 0 Å². The van der Waals surface area contributed by atoms with Gasteiger partial charge in [0.15, 0.2) is 6.61 Å². The van der Waals surface area contributed by atoms with E-state index in [9.17, 15) is 18.0 Å². The van der Waals surface area contributed by atoms with Crippen molar-refractivity contribution in [3.05, 3.63) is 42.0 Å². The van der Waals surface area contributed by atoms with Crippen molar-refractivity contribution in [3.8, 4) is 5.75 Å². The molecule has 0 radical (unpaired) electrons. The Bertz CT molecular complexity index is 635. The van der Waals surface area contributed by atoms with Gasteiger partial charge < -0.3 is 9.84 Å². The van der Waals surface area contributed by atoms with Crippen LogP contribution in [0.2, 0.25) is 0 Å². The van der Waals surface area contributed by atoms with Crippen molar-refractivity contribution >= 4 is 16.7 Å². The standard InChI is InChI=1S/C14H11F3O3/c15-14(16,17)8-20-12-6-5-9-3-1-2-4-10(9)11(12)7-13(18)19/h1-6H,7-8H2,(H,18,19). The van der Waals surface area contributed by atoms with Crippen molar-refractivity contribution in [2.45, 2.75) is 12.6 Å². The van der Waals surface area contributed by atoms with Crippen LogP contribution in [-0.4, -0.2) is 23.9 Å². The summed E-state index contributed by atoms with van der Waals surface area (Å²) < 4.78 is 41.3. The van der Waals surface area contributed by atoms with Crippen molar-refractivity contribution in [2.75, 3.05) is 6.61 Å². The summed E-state index contributed by atoms with van der Waals surface area (Å²) in [5, 5.41) is 10.2. The number of hydrogen-bond acceptors (Lipinski definition) is 2. The topological polar surface area (TPSA) is 46.5 Å². The molecular formula is C14H11F3O3. The van der Waals surface area contributed by atoms with Crippen molar-refractivity contribution in [3.63, 3.8) is 0 Å². The van der Waals surface area contributed by atoms with Crippen LogP contribution < -0.4 is 4.74 Å². The van der Waals surface area contributed by atoms with Crippen LogP contribution in [0.5, 0.6) is 5.75 Å². The van der Waals surface area contributed by atoms with E-state index in [2.05, 4.69) is 0 Å². The molecule has 0 aliphatic carbocycles. The van der Waals surface area contributed by atoms with E-state index in [-0.39, 0.29) is 11.3 Å². The Balaban J connectivity index is 2.44. The Kier molecular flexibility index (Phi) is 3.83. The SMILES string of the molecule is O=C(O)Cc1c(OCC(F)(F)F)ccc2ccccc12. The summed E-state index contributed by atoms with van der Waals surface area (Å²) in [5.74, 6) is -1.18. The zero-order valence-corrected chi connectivity index (χ0v) is 10.3. The Hall–Kier alpha value is -2.24. The molecule has 1 N–H and O–H groups in total. The van der Waals surface area contributed by atoms with Crippen LogP contribution in [0.4, 0.5) is 13.2 Å². The van der Waals surface area contributed by atoms with Crippen LogP contribution in [0.3, 0.4) is 0 Å². The van der Waals surface area contributed by atoms with Gasteiger partial charge in [0.25, 0.3) is 0 Å². The van der Waals surface area contributed by atoms with Gasteiger partial charge in [-0.05, 0) is 16.8 Å². The molecule has 106 valence electrons. The highest BCUT2D eigenvalue weighted by Gasteiger charge is 2.29. The van der Waals surface area contributed by atoms with E-state index in [0.717, 1.165) is 5.39 Å². The van der Waals surface area contributed by atoms with Gasteiger partial charge in [-0.1, -0.05) is 30.3 Å². The minimum atomic E-state index is -4.47. The van der Waals surface area contributed by atoms with Gasteiger partial charge in [0.1, 0.15) is 5.75 Å². The lowest BCUT2D eigenvalue weighted by Gasteiger charge is -2.14. The van der Waals surface area contributed by atoms with Gasteiger partial charge in [0.05, 0.1) is 6.42 Å². The maximum atomic E-state index is 12.2. The minimum Gasteiger partial charge on any atom is -0.484 e. The van der Waals surface area contributed by atoms with Crippen molar-refractivity contribution < 1.29 is 27.8 Å². The average Bonchev–Trinajstić information content (AvgIpc) is 2.36. The summed E-state index contributed by atoms with van der Waals surface area (Å²) >= 11 is 0. The molecule has 0 aliphatic rings. The number of ether oxygens (including phenoxy) is 1. The third-order valence-electron chi connectivity index (χ3n) is 2.72. The Morgan fingerprint density at radius 3 is 2.50 bits per heavy atom. The lowest BCUT2D eigenvalue weighted by atomic mass is 10.0. The van der Waals surface area contributed by atoms with Gasteiger partial charge >= 0.3 is 12.1 Å². The van der Waals surface area contributed by atoms with Crippen molar-refractivity contribution in [1.29, 1.82) is 0 Å². The van der Waals surface area contributed by atoms with Crippen LogP contribution in [0.25, 0.3) is 10.8 Å². The molecule has 0 amide bonds. The maximum Gasteiger partial charge on any atom is 0.422 e. The fourth-order valence-electron chi connectivity index (χ4n) is 1.94. The number of carboxylic acids is 1. The number of carbonyl (C=O) groups is 1. The molecule has 0 spiro atoms. The highest BCUT2D eigenvalue weighted by Crippen LogP contribution is 2.30. The van der Waals surface area contributed by atoms with E-state index in [0.29, 0.717) is 5.39 Å². The summed E-state index contributed by atoms with van der Waals surface area (Å²) in [6.07, 6.45) is -4.86. The van der Waals surface area contributed by atoms with Crippen LogP contribution in [0.1, 0.15) is 5.56 Å². The van der Waals surface area contributed by atoms with Gasteiger partial charge in [-0.25, -0.2) is 0 Å². The molecule has 2 rings (SSSR count). The lowest BCUT2D eigenvalue weighted by molar-refractivity contribution is -0.153. The quantitative estimate of drug-likeness (QED) is 0.935. The van der Waals surface area contributed by atoms with E-state index in [1.54, 1.807) is 30.3 Å². The van der Waals surface area contributed by atoms with E-state index < -0.39 is 25.2 Å². The van der Waals surface area contributed by atoms with Gasteiger partial charge in [-0.3, -0.25) is 4.79 Å². The van der Waals surface area contributed by atoms with Crippen LogP contribution in [-0.2, 0) is 11.2 Å². The van der Waals surface area contributed by atoms with Crippen molar-refractivity contribution in [2.24, 2.45) is 0 Å². The number of carboxylic acid groups (broad SMARTS) is 1. The second-order valence-corrected chi connectivity index (χ2v) is 4.24. The van der Waals surface area contributed by atoms with Gasteiger partial charge in [-0.2, -0.15) is 13.2 Å². The van der Waals surface area contributed by atoms with Gasteiger partial charge in [0, 0.05) is 5.56 Å². The summed E-state index contributed by atoms with van der Waals surface area (Å²) in [7, 11) is 0. The molecule has 0 atom stereocenters. The van der Waals surface area contributed by atoms with Crippen LogP contribution in [0, 0.1) is 0 Å². The average molecular weight is 284 g/mol. The number of aliphatic carboxylic acids is 1. The smallest absolute Gasteiger partial charge is 0.422 e. The summed E-state index contributed by atoms with van der Waals surface area (Å²) in [4.78, 5) is 10.9. The van der Waals surface area contributed by atoms with E-state index in [1.165, 1.54) is 6.07 Å². The summed E-state index contributed by atoms with van der Waals surface area (Å²) in [6.45, 7) is -1.45. The van der Waals surface area contributed by atoms with Gasteiger partial charge in [0.2, 0.25) is 0 Å². The van der Waals surface area contributed by atoms with Crippen LogP contribution >= 0.6 is 0 Å². The lowest BCUT2D eigenvalue weighted by Crippen LogP contribution is -2.20. The molecule has 0 unspecified atom stereocenters. The van der Waals surface area contributed by atoms with Crippen molar-refractivity contribution in [1.82, 2.24) is 0 Å². The molecule has 3 nitrogen and oxygen atoms in total. The molecule has 0 fully saturated rings. The summed E-state index contributed by atoms with van der Waals surface area (Å²) in [5.41, 5.74) is 0.250. The zero-order valence-electron chi connectivity index (χ0n) is 10.3. The summed E-state index contributed by atoms with van der Waals surface area (Å²) in [6, 6.07) is 9.85. The van der Waals surface area contributed by atoms with Crippen LogP contribution in [0.15, 0.2) is 36.4 Å². The zero-order chi connectivity index (χ0) is 14.8. The second kappa shape index (κ2) is 5.40. The third-order valence-corrected chi connectivity index (χ3v) is 2.72. The molecule has 6 heteroatoms. The normalized spacial score (nSPS) is 11.6. The number of alkyl halides is 3. The number of rotatable bonds is 4. The first-order valence-corrected chi connectivity index (χ1v) is 5.79. The molecule has 0 aromatic heterocycles. The van der Waals surface area contributed by atoms with Gasteiger partial charge in [-0.15, -0.1) is 0 Å². The predicted molar refractivity (Wildman–Crippen MR) is 66.8 cm³/mol. The molecule has 2 aromatic carbocycles. The molecule has 0 saturated heterocycles. The minimum absolute atomic E-state index is 0.0524. The fourth-order valence-corrected chi connectivity index (χ4v) is 1.94. The number of benzene rings is 2. The first-order chi connectivity index (χ1) is 9.37. The van der Waals surface area contributed by atoms with E-state index >= 15 is 0 Å². The monoisotopic (exact) mass is 284 g/mol. The fraction of sp³-hybridized carbons (Fsp3) is 0.214. The molecule has 0 aliphatic heterocycles. The number of hydrogen-bond donors (Lipinski definition) is 1. The molecule has 0 heterocycles.